The Labute approximate surface area is 78.5 Å². The summed E-state index contributed by atoms with van der Waals surface area (Å²) in [6, 6.07) is 0. The summed E-state index contributed by atoms with van der Waals surface area (Å²) in [4.78, 5) is 2.12. The normalized spacial score (nSPS) is 15.6. The van der Waals surface area contributed by atoms with Gasteiger partial charge in [0.15, 0.2) is 0 Å². The molecule has 4 nitrogen and oxygen atoms in total. The van der Waals surface area contributed by atoms with Gasteiger partial charge >= 0.3 is 0 Å². The number of anilines is 1. The Kier molecular flexibility index (Phi) is 2.00. The van der Waals surface area contributed by atoms with Crippen LogP contribution >= 0.6 is 0 Å². The fourth-order valence-electron chi connectivity index (χ4n) is 1.97. The average Bonchev–Trinajstić information content (AvgIpc) is 2.39. The lowest BCUT2D eigenvalue weighted by Crippen LogP contribution is -2.24. The number of hydrogen-bond donors (Lipinski definition) is 1. The second-order valence-electron chi connectivity index (χ2n) is 3.69. The first-order valence-corrected chi connectivity index (χ1v) is 4.63. The number of fused-ring (bicyclic) bond motifs is 1. The number of aryl methyl sites for hydroxylation is 1. The molecule has 1 aromatic rings. The predicted molar refractivity (Wildman–Crippen MR) is 52.9 cm³/mol. The van der Waals surface area contributed by atoms with Crippen molar-refractivity contribution in [1.29, 1.82) is 0 Å². The second kappa shape index (κ2) is 3.03. The first kappa shape index (κ1) is 8.56. The lowest BCUT2D eigenvalue weighted by Gasteiger charge is -2.17. The molecule has 1 N–H and O–H groups in total. The number of aromatic nitrogens is 2. The Balaban J connectivity index is 2.48. The topological polar surface area (TPSA) is 33.1 Å². The van der Waals surface area contributed by atoms with E-state index in [9.17, 15) is 0 Å². The van der Waals surface area contributed by atoms with Crippen molar-refractivity contribution in [3.63, 3.8) is 0 Å². The van der Waals surface area contributed by atoms with Gasteiger partial charge in [-0.2, -0.15) is 5.10 Å². The molecule has 0 fully saturated rings. The van der Waals surface area contributed by atoms with E-state index in [1.807, 2.05) is 11.7 Å². The van der Waals surface area contributed by atoms with Crippen LogP contribution in [0.5, 0.6) is 0 Å². The van der Waals surface area contributed by atoms with Gasteiger partial charge in [0.25, 0.3) is 0 Å². The Morgan fingerprint density at radius 2 is 2.23 bits per heavy atom. The summed E-state index contributed by atoms with van der Waals surface area (Å²) in [5.41, 5.74) is 2.61. The molecule has 0 saturated heterocycles. The predicted octanol–water partition coefficient (Wildman–Crippen LogP) is 0.132. The van der Waals surface area contributed by atoms with Crippen molar-refractivity contribution in [2.75, 3.05) is 25.5 Å². The molecule has 2 heterocycles. The number of nitrogens with one attached hydrogen (secondary N) is 1. The summed E-state index contributed by atoms with van der Waals surface area (Å²) >= 11 is 0. The van der Waals surface area contributed by atoms with Crippen LogP contribution in [0.2, 0.25) is 0 Å². The molecule has 0 saturated carbocycles. The third-order valence-electron chi connectivity index (χ3n) is 2.46. The molecule has 0 bridgehead atoms. The van der Waals surface area contributed by atoms with Crippen molar-refractivity contribution in [3.05, 3.63) is 11.3 Å². The summed E-state index contributed by atoms with van der Waals surface area (Å²) in [7, 11) is 6.13. The van der Waals surface area contributed by atoms with Crippen molar-refractivity contribution in [2.24, 2.45) is 7.05 Å². The molecule has 2 rings (SSSR count). The number of hydrogen-bond acceptors (Lipinski definition) is 3. The van der Waals surface area contributed by atoms with Gasteiger partial charge in [0.1, 0.15) is 5.82 Å². The highest BCUT2D eigenvalue weighted by Gasteiger charge is 2.19. The summed E-state index contributed by atoms with van der Waals surface area (Å²) in [6.45, 7) is 2.01. The summed E-state index contributed by atoms with van der Waals surface area (Å²) < 4.78 is 1.97. The van der Waals surface area contributed by atoms with Crippen LogP contribution in [0.4, 0.5) is 5.82 Å². The molecule has 72 valence electrons. The molecular weight excluding hydrogens is 164 g/mol. The molecule has 0 spiro atoms. The smallest absolute Gasteiger partial charge is 0.130 e. The molecule has 13 heavy (non-hydrogen) atoms. The minimum absolute atomic E-state index is 0.955. The molecule has 0 unspecified atom stereocenters. The molecule has 1 aromatic heterocycles. The van der Waals surface area contributed by atoms with Crippen molar-refractivity contribution < 1.29 is 0 Å². The fraction of sp³-hybridized carbons (Fsp3) is 0.667. The summed E-state index contributed by atoms with van der Waals surface area (Å²) in [6.07, 6.45) is 1.05. The van der Waals surface area contributed by atoms with Crippen LogP contribution in [0.25, 0.3) is 0 Å². The highest BCUT2D eigenvalue weighted by atomic mass is 15.4. The van der Waals surface area contributed by atoms with Crippen molar-refractivity contribution in [2.45, 2.75) is 13.0 Å². The lowest BCUT2D eigenvalue weighted by atomic mass is 10.1. The zero-order chi connectivity index (χ0) is 9.42. The fourth-order valence-corrected chi connectivity index (χ4v) is 1.97. The van der Waals surface area contributed by atoms with E-state index < -0.39 is 0 Å². The Bertz CT molecular complexity index is 314. The standard InChI is InChI=1S/C9H16N4/c1-12(2)9-7-6-10-5-4-8(7)11-13(9)3/h10H,4-6H2,1-3H3. The van der Waals surface area contributed by atoms with Crippen LogP contribution in [-0.2, 0) is 20.0 Å². The van der Waals surface area contributed by atoms with E-state index in [1.165, 1.54) is 17.1 Å². The van der Waals surface area contributed by atoms with E-state index in [1.54, 1.807) is 0 Å². The Morgan fingerprint density at radius 3 is 2.92 bits per heavy atom. The SMILES string of the molecule is CN(C)c1c2c(nn1C)CCNC2. The van der Waals surface area contributed by atoms with E-state index in [-0.39, 0.29) is 0 Å². The average molecular weight is 180 g/mol. The van der Waals surface area contributed by atoms with Crippen LogP contribution in [0.3, 0.4) is 0 Å². The van der Waals surface area contributed by atoms with Crippen LogP contribution in [0.1, 0.15) is 11.3 Å². The van der Waals surface area contributed by atoms with Gasteiger partial charge in [0, 0.05) is 46.2 Å². The maximum absolute atomic E-state index is 4.51. The van der Waals surface area contributed by atoms with Crippen molar-refractivity contribution in [1.82, 2.24) is 15.1 Å². The van der Waals surface area contributed by atoms with E-state index in [2.05, 4.69) is 29.4 Å². The number of rotatable bonds is 1. The highest BCUT2D eigenvalue weighted by molar-refractivity contribution is 5.49. The van der Waals surface area contributed by atoms with Gasteiger partial charge in [-0.15, -0.1) is 0 Å². The summed E-state index contributed by atoms with van der Waals surface area (Å²) in [5.74, 6) is 1.22. The van der Waals surface area contributed by atoms with E-state index >= 15 is 0 Å². The monoisotopic (exact) mass is 180 g/mol. The molecule has 0 atom stereocenters. The van der Waals surface area contributed by atoms with E-state index in [4.69, 9.17) is 0 Å². The van der Waals surface area contributed by atoms with Gasteiger partial charge in [0.05, 0.1) is 5.69 Å². The quantitative estimate of drug-likeness (QED) is 0.667. The zero-order valence-electron chi connectivity index (χ0n) is 8.46. The van der Waals surface area contributed by atoms with Gasteiger partial charge < -0.3 is 10.2 Å². The minimum atomic E-state index is 0.955. The third kappa shape index (κ3) is 1.31. The molecule has 0 aromatic carbocycles. The second-order valence-corrected chi connectivity index (χ2v) is 3.69. The lowest BCUT2D eigenvalue weighted by molar-refractivity contribution is 0.632. The summed E-state index contributed by atoms with van der Waals surface area (Å²) in [5, 5.41) is 7.88. The van der Waals surface area contributed by atoms with Gasteiger partial charge in [-0.3, -0.25) is 4.68 Å². The molecule has 0 amide bonds. The van der Waals surface area contributed by atoms with Crippen LogP contribution in [-0.4, -0.2) is 30.4 Å². The van der Waals surface area contributed by atoms with Crippen molar-refractivity contribution in [3.8, 4) is 0 Å². The van der Waals surface area contributed by atoms with E-state index in [0.29, 0.717) is 0 Å². The molecule has 0 aliphatic carbocycles. The molecule has 1 aliphatic rings. The van der Waals surface area contributed by atoms with Crippen LogP contribution < -0.4 is 10.2 Å². The first-order chi connectivity index (χ1) is 6.20. The zero-order valence-corrected chi connectivity index (χ0v) is 8.46. The van der Waals surface area contributed by atoms with Crippen molar-refractivity contribution >= 4 is 5.82 Å². The maximum Gasteiger partial charge on any atom is 0.130 e. The first-order valence-electron chi connectivity index (χ1n) is 4.63. The molecule has 1 aliphatic heterocycles. The third-order valence-corrected chi connectivity index (χ3v) is 2.46. The van der Waals surface area contributed by atoms with Gasteiger partial charge in [-0.05, 0) is 0 Å². The van der Waals surface area contributed by atoms with Gasteiger partial charge in [-0.25, -0.2) is 0 Å². The minimum Gasteiger partial charge on any atom is -0.363 e. The highest BCUT2D eigenvalue weighted by Crippen LogP contribution is 2.23. The largest absolute Gasteiger partial charge is 0.363 e. The molecule has 4 heteroatoms. The van der Waals surface area contributed by atoms with E-state index in [0.717, 1.165) is 19.5 Å². The van der Waals surface area contributed by atoms with Crippen LogP contribution in [0, 0.1) is 0 Å². The molecule has 0 radical (unpaired) electrons. The molecular formula is C9H16N4. The van der Waals surface area contributed by atoms with Gasteiger partial charge in [-0.1, -0.05) is 0 Å². The van der Waals surface area contributed by atoms with Gasteiger partial charge in [0.2, 0.25) is 0 Å². The van der Waals surface area contributed by atoms with Crippen LogP contribution in [0.15, 0.2) is 0 Å². The maximum atomic E-state index is 4.51. The number of nitrogens with zero attached hydrogens (tertiary/aromatic N) is 3. The Morgan fingerprint density at radius 1 is 1.46 bits per heavy atom. The Hall–Kier alpha value is -1.03.